The first-order valence-electron chi connectivity index (χ1n) is 5.05. The van der Waals surface area contributed by atoms with Crippen LogP contribution in [0, 0.1) is 6.92 Å². The van der Waals surface area contributed by atoms with Crippen molar-refractivity contribution >= 4 is 11.6 Å². The number of hydrogen-bond acceptors (Lipinski definition) is 2. The number of rotatable bonds is 1. The van der Waals surface area contributed by atoms with Crippen LogP contribution in [-0.4, -0.2) is 9.97 Å². The maximum absolute atomic E-state index is 12.4. The van der Waals surface area contributed by atoms with Crippen molar-refractivity contribution in [1.29, 1.82) is 0 Å². The van der Waals surface area contributed by atoms with Gasteiger partial charge in [-0.1, -0.05) is 23.7 Å². The number of benzene rings is 1. The molecule has 0 saturated carbocycles. The molecule has 0 atom stereocenters. The van der Waals surface area contributed by atoms with Crippen LogP contribution in [0.3, 0.4) is 0 Å². The molecule has 1 aromatic heterocycles. The number of nitrogens with zero attached hydrogens (tertiary/aromatic N) is 2. The summed E-state index contributed by atoms with van der Waals surface area (Å²) in [5.74, 6) is 0.470. The Hall–Kier alpha value is -1.62. The lowest BCUT2D eigenvalue weighted by Gasteiger charge is -2.07. The maximum Gasteiger partial charge on any atom is 0.416 e. The molecule has 0 spiro atoms. The Morgan fingerprint density at radius 1 is 1.06 bits per heavy atom. The van der Waals surface area contributed by atoms with E-state index in [0.717, 1.165) is 12.1 Å². The zero-order valence-corrected chi connectivity index (χ0v) is 10.0. The second-order valence-electron chi connectivity index (χ2n) is 3.70. The van der Waals surface area contributed by atoms with Gasteiger partial charge in [0.2, 0.25) is 0 Å². The van der Waals surface area contributed by atoms with Crippen molar-refractivity contribution in [2.75, 3.05) is 0 Å². The van der Waals surface area contributed by atoms with E-state index < -0.39 is 11.7 Å². The monoisotopic (exact) mass is 272 g/mol. The van der Waals surface area contributed by atoms with Gasteiger partial charge in [-0.25, -0.2) is 9.97 Å². The van der Waals surface area contributed by atoms with Gasteiger partial charge in [-0.2, -0.15) is 13.2 Å². The normalized spacial score (nSPS) is 11.6. The van der Waals surface area contributed by atoms with E-state index in [0.29, 0.717) is 17.1 Å². The average molecular weight is 273 g/mol. The molecule has 0 amide bonds. The van der Waals surface area contributed by atoms with Crippen LogP contribution in [0.25, 0.3) is 11.3 Å². The Bertz CT molecular complexity index is 544. The van der Waals surface area contributed by atoms with Gasteiger partial charge in [0.1, 0.15) is 11.0 Å². The van der Waals surface area contributed by atoms with Gasteiger partial charge in [-0.15, -0.1) is 0 Å². The van der Waals surface area contributed by atoms with Crippen molar-refractivity contribution in [3.05, 3.63) is 46.9 Å². The number of aromatic nitrogens is 2. The molecule has 2 nitrogen and oxygen atoms in total. The molecular weight excluding hydrogens is 265 g/mol. The molecule has 2 aromatic rings. The largest absolute Gasteiger partial charge is 0.416 e. The van der Waals surface area contributed by atoms with Crippen molar-refractivity contribution in [3.8, 4) is 11.3 Å². The lowest BCUT2D eigenvalue weighted by Crippen LogP contribution is -2.04. The Morgan fingerprint density at radius 3 is 2.17 bits per heavy atom. The second kappa shape index (κ2) is 4.57. The molecule has 0 radical (unpaired) electrons. The first kappa shape index (κ1) is 12.8. The van der Waals surface area contributed by atoms with Crippen molar-refractivity contribution < 1.29 is 13.2 Å². The van der Waals surface area contributed by atoms with E-state index in [9.17, 15) is 13.2 Å². The van der Waals surface area contributed by atoms with Crippen molar-refractivity contribution in [1.82, 2.24) is 9.97 Å². The van der Waals surface area contributed by atoms with E-state index in [1.54, 1.807) is 6.92 Å². The molecule has 0 fully saturated rings. The molecule has 2 rings (SSSR count). The van der Waals surface area contributed by atoms with E-state index >= 15 is 0 Å². The molecule has 94 valence electrons. The van der Waals surface area contributed by atoms with Crippen LogP contribution < -0.4 is 0 Å². The Morgan fingerprint density at radius 2 is 1.67 bits per heavy atom. The fourth-order valence-electron chi connectivity index (χ4n) is 1.51. The molecule has 18 heavy (non-hydrogen) atoms. The Kier molecular flexibility index (Phi) is 3.26. The minimum absolute atomic E-state index is 0.261. The highest BCUT2D eigenvalue weighted by molar-refractivity contribution is 6.29. The molecule has 0 aliphatic carbocycles. The van der Waals surface area contributed by atoms with Gasteiger partial charge in [-0.3, -0.25) is 0 Å². The fraction of sp³-hybridized carbons (Fsp3) is 0.167. The summed E-state index contributed by atoms with van der Waals surface area (Å²) in [5, 5.41) is 0.261. The predicted molar refractivity (Wildman–Crippen MR) is 62.2 cm³/mol. The second-order valence-corrected chi connectivity index (χ2v) is 4.09. The summed E-state index contributed by atoms with van der Waals surface area (Å²) in [5.41, 5.74) is 0.375. The highest BCUT2D eigenvalue weighted by atomic mass is 35.5. The number of hydrogen-bond donors (Lipinski definition) is 0. The van der Waals surface area contributed by atoms with E-state index in [-0.39, 0.29) is 5.15 Å². The van der Waals surface area contributed by atoms with Crippen molar-refractivity contribution in [2.24, 2.45) is 0 Å². The molecule has 1 aromatic carbocycles. The average Bonchev–Trinajstić information content (AvgIpc) is 2.27. The zero-order valence-electron chi connectivity index (χ0n) is 9.29. The standard InChI is InChI=1S/C12H8ClF3N2/c1-7-17-10(6-11(13)18-7)8-2-4-9(5-3-8)12(14,15)16/h2-6H,1H3. The van der Waals surface area contributed by atoms with Gasteiger partial charge in [0, 0.05) is 11.6 Å². The van der Waals surface area contributed by atoms with E-state index in [2.05, 4.69) is 9.97 Å². The molecule has 0 N–H and O–H groups in total. The summed E-state index contributed by atoms with van der Waals surface area (Å²) < 4.78 is 37.2. The van der Waals surface area contributed by atoms with Crippen LogP contribution >= 0.6 is 11.6 Å². The summed E-state index contributed by atoms with van der Waals surface area (Å²) in [4.78, 5) is 8.01. The van der Waals surface area contributed by atoms with Gasteiger partial charge < -0.3 is 0 Å². The zero-order chi connectivity index (χ0) is 13.3. The number of aryl methyl sites for hydroxylation is 1. The van der Waals surface area contributed by atoms with Gasteiger partial charge in [0.25, 0.3) is 0 Å². The summed E-state index contributed by atoms with van der Waals surface area (Å²) in [7, 11) is 0. The number of halogens is 4. The lowest BCUT2D eigenvalue weighted by molar-refractivity contribution is -0.137. The molecule has 0 aliphatic heterocycles. The van der Waals surface area contributed by atoms with E-state index in [4.69, 9.17) is 11.6 Å². The lowest BCUT2D eigenvalue weighted by atomic mass is 10.1. The molecule has 6 heteroatoms. The summed E-state index contributed by atoms with van der Waals surface area (Å²) in [6.07, 6.45) is -4.34. The minimum atomic E-state index is -4.34. The maximum atomic E-state index is 12.4. The van der Waals surface area contributed by atoms with Gasteiger partial charge in [-0.05, 0) is 19.1 Å². The molecule has 0 saturated heterocycles. The Labute approximate surface area is 106 Å². The number of alkyl halides is 3. The quantitative estimate of drug-likeness (QED) is 0.730. The fourth-order valence-corrected chi connectivity index (χ4v) is 1.73. The van der Waals surface area contributed by atoms with Crippen LogP contribution in [-0.2, 0) is 6.18 Å². The van der Waals surface area contributed by atoms with Crippen LogP contribution in [0.15, 0.2) is 30.3 Å². The SMILES string of the molecule is Cc1nc(Cl)cc(-c2ccc(C(F)(F)F)cc2)n1. The topological polar surface area (TPSA) is 25.8 Å². The third-order valence-electron chi connectivity index (χ3n) is 2.31. The molecule has 0 bridgehead atoms. The van der Waals surface area contributed by atoms with Gasteiger partial charge >= 0.3 is 6.18 Å². The highest BCUT2D eigenvalue weighted by Gasteiger charge is 2.29. The molecule has 0 aliphatic rings. The van der Waals surface area contributed by atoms with E-state index in [1.165, 1.54) is 18.2 Å². The predicted octanol–water partition coefficient (Wildman–Crippen LogP) is 4.12. The van der Waals surface area contributed by atoms with Crippen LogP contribution in [0.1, 0.15) is 11.4 Å². The summed E-state index contributed by atoms with van der Waals surface area (Å²) in [6.45, 7) is 1.67. The van der Waals surface area contributed by atoms with Crippen LogP contribution in [0.5, 0.6) is 0 Å². The van der Waals surface area contributed by atoms with Crippen molar-refractivity contribution in [3.63, 3.8) is 0 Å². The van der Waals surface area contributed by atoms with Gasteiger partial charge in [0.05, 0.1) is 11.3 Å². The minimum Gasteiger partial charge on any atom is -0.233 e. The van der Waals surface area contributed by atoms with Crippen LogP contribution in [0.4, 0.5) is 13.2 Å². The molecule has 0 unspecified atom stereocenters. The smallest absolute Gasteiger partial charge is 0.233 e. The summed E-state index contributed by atoms with van der Waals surface area (Å²) >= 11 is 5.77. The first-order chi connectivity index (χ1) is 8.36. The Balaban J connectivity index is 2.40. The highest BCUT2D eigenvalue weighted by Crippen LogP contribution is 2.30. The van der Waals surface area contributed by atoms with Crippen LogP contribution in [0.2, 0.25) is 5.15 Å². The van der Waals surface area contributed by atoms with Gasteiger partial charge in [0.15, 0.2) is 0 Å². The third-order valence-corrected chi connectivity index (χ3v) is 2.51. The molecular formula is C12H8ClF3N2. The summed E-state index contributed by atoms with van der Waals surface area (Å²) in [6, 6.07) is 6.26. The van der Waals surface area contributed by atoms with Crippen molar-refractivity contribution in [2.45, 2.75) is 13.1 Å². The first-order valence-corrected chi connectivity index (χ1v) is 5.43. The van der Waals surface area contributed by atoms with E-state index in [1.807, 2.05) is 0 Å². The third kappa shape index (κ3) is 2.79. The molecule has 1 heterocycles.